The van der Waals surface area contributed by atoms with Gasteiger partial charge in [-0.3, -0.25) is 9.47 Å². The van der Waals surface area contributed by atoms with Gasteiger partial charge in [-0.25, -0.2) is 9.78 Å². The van der Waals surface area contributed by atoms with Gasteiger partial charge < -0.3 is 9.32 Å². The molecule has 1 aliphatic heterocycles. The van der Waals surface area contributed by atoms with E-state index in [9.17, 15) is 4.79 Å². The molecule has 1 saturated heterocycles. The summed E-state index contributed by atoms with van der Waals surface area (Å²) < 4.78 is 7.00. The molecule has 0 aliphatic carbocycles. The molecule has 0 amide bonds. The summed E-state index contributed by atoms with van der Waals surface area (Å²) in [5, 5.41) is 0.704. The molecule has 0 atom stereocenters. The van der Waals surface area contributed by atoms with Crippen molar-refractivity contribution in [2.45, 2.75) is 13.5 Å². The Bertz CT molecular complexity index is 973. The third kappa shape index (κ3) is 3.34. The molecule has 0 saturated carbocycles. The number of halogens is 1. The zero-order chi connectivity index (χ0) is 18.1. The van der Waals surface area contributed by atoms with E-state index in [2.05, 4.69) is 14.8 Å². The molecule has 26 heavy (non-hydrogen) atoms. The zero-order valence-corrected chi connectivity index (χ0v) is 15.4. The Hall–Kier alpha value is -2.31. The van der Waals surface area contributed by atoms with Gasteiger partial charge in [0.05, 0.1) is 10.5 Å². The minimum atomic E-state index is -0.291. The van der Waals surface area contributed by atoms with Crippen LogP contribution in [0.15, 0.2) is 45.7 Å². The molecular weight excluding hydrogens is 352 g/mol. The van der Waals surface area contributed by atoms with Gasteiger partial charge in [0, 0.05) is 45.5 Å². The van der Waals surface area contributed by atoms with Crippen molar-refractivity contribution in [2.75, 3.05) is 37.6 Å². The topological polar surface area (TPSA) is 54.5 Å². The van der Waals surface area contributed by atoms with Gasteiger partial charge in [0.15, 0.2) is 5.58 Å². The lowest BCUT2D eigenvalue weighted by atomic mass is 10.2. The number of anilines is 1. The highest BCUT2D eigenvalue weighted by molar-refractivity contribution is 6.33. The van der Waals surface area contributed by atoms with Crippen LogP contribution in [0.4, 0.5) is 5.82 Å². The lowest BCUT2D eigenvalue weighted by Gasteiger charge is -2.35. The highest BCUT2D eigenvalue weighted by Crippen LogP contribution is 2.24. The molecule has 0 spiro atoms. The van der Waals surface area contributed by atoms with Gasteiger partial charge in [0.25, 0.3) is 0 Å². The van der Waals surface area contributed by atoms with Gasteiger partial charge in [-0.2, -0.15) is 0 Å². The Morgan fingerprint density at radius 2 is 1.92 bits per heavy atom. The molecule has 6 nitrogen and oxygen atoms in total. The average molecular weight is 373 g/mol. The van der Waals surface area contributed by atoms with Gasteiger partial charge >= 0.3 is 5.76 Å². The number of benzene rings is 1. The summed E-state index contributed by atoms with van der Waals surface area (Å²) in [5.41, 5.74) is 2.56. The first-order valence-electron chi connectivity index (χ1n) is 8.79. The van der Waals surface area contributed by atoms with Crippen molar-refractivity contribution in [3.05, 3.63) is 57.7 Å². The van der Waals surface area contributed by atoms with Crippen LogP contribution in [0, 0.1) is 6.92 Å². The average Bonchev–Trinajstić information content (AvgIpc) is 2.96. The first kappa shape index (κ1) is 17.1. The summed E-state index contributed by atoms with van der Waals surface area (Å²) in [4.78, 5) is 21.1. The molecule has 0 radical (unpaired) electrons. The van der Waals surface area contributed by atoms with Crippen molar-refractivity contribution in [2.24, 2.45) is 0 Å². The van der Waals surface area contributed by atoms with Crippen LogP contribution in [0.5, 0.6) is 0 Å². The summed E-state index contributed by atoms with van der Waals surface area (Å²) in [6.45, 7) is 6.99. The van der Waals surface area contributed by atoms with Crippen molar-refractivity contribution in [1.29, 1.82) is 0 Å². The fourth-order valence-corrected chi connectivity index (χ4v) is 3.75. The minimum absolute atomic E-state index is 0.291. The van der Waals surface area contributed by atoms with Crippen LogP contribution in [-0.4, -0.2) is 47.2 Å². The molecule has 4 rings (SSSR count). The predicted octanol–water partition coefficient (Wildman–Crippen LogP) is 2.77. The van der Waals surface area contributed by atoms with Gasteiger partial charge in [-0.05, 0) is 30.7 Å². The summed E-state index contributed by atoms with van der Waals surface area (Å²) in [7, 11) is 0. The van der Waals surface area contributed by atoms with E-state index in [0.717, 1.165) is 49.6 Å². The molecule has 0 bridgehead atoms. The zero-order valence-electron chi connectivity index (χ0n) is 14.7. The van der Waals surface area contributed by atoms with E-state index in [1.165, 1.54) is 0 Å². The van der Waals surface area contributed by atoms with Gasteiger partial charge in [-0.15, -0.1) is 0 Å². The monoisotopic (exact) mass is 372 g/mol. The molecule has 0 unspecified atom stereocenters. The molecule has 1 aliphatic rings. The van der Waals surface area contributed by atoms with Crippen LogP contribution in [0.1, 0.15) is 5.56 Å². The number of pyridine rings is 1. The molecule has 3 heterocycles. The number of oxazole rings is 1. The summed E-state index contributed by atoms with van der Waals surface area (Å²) in [6.07, 6.45) is 1.85. The van der Waals surface area contributed by atoms with E-state index in [1.54, 1.807) is 4.57 Å². The molecule has 3 aromatic rings. The maximum atomic E-state index is 12.1. The van der Waals surface area contributed by atoms with Gasteiger partial charge in [0.2, 0.25) is 0 Å². The largest absolute Gasteiger partial charge is 0.419 e. The lowest BCUT2D eigenvalue weighted by molar-refractivity contribution is 0.246. The summed E-state index contributed by atoms with van der Waals surface area (Å²) >= 11 is 6.33. The first-order chi connectivity index (χ1) is 12.6. The number of aromatic nitrogens is 2. The van der Waals surface area contributed by atoms with Crippen LogP contribution in [0.2, 0.25) is 5.02 Å². The van der Waals surface area contributed by atoms with Crippen molar-refractivity contribution in [3.63, 3.8) is 0 Å². The van der Waals surface area contributed by atoms with Gasteiger partial charge in [0.1, 0.15) is 5.82 Å². The SMILES string of the molecule is Cc1cnc(N2CCN(CCn3c(=O)oc4ccccc43)CC2)c(Cl)c1. The van der Waals surface area contributed by atoms with Crippen molar-refractivity contribution >= 4 is 28.5 Å². The third-order valence-electron chi connectivity index (χ3n) is 4.84. The molecule has 1 fully saturated rings. The second-order valence-corrected chi connectivity index (χ2v) is 7.04. The number of aryl methyl sites for hydroxylation is 1. The number of para-hydroxylation sites is 2. The van der Waals surface area contributed by atoms with Crippen LogP contribution in [0.3, 0.4) is 0 Å². The Balaban J connectivity index is 1.38. The number of piperazine rings is 1. The maximum absolute atomic E-state index is 12.1. The molecule has 7 heteroatoms. The highest BCUT2D eigenvalue weighted by atomic mass is 35.5. The number of rotatable bonds is 4. The summed E-state index contributed by atoms with van der Waals surface area (Å²) in [6, 6.07) is 9.49. The molecule has 0 N–H and O–H groups in total. The lowest BCUT2D eigenvalue weighted by Crippen LogP contribution is -2.47. The standard InChI is InChI=1S/C19H21ClN4O2/c1-14-12-15(20)18(21-13-14)23-9-6-22(7-10-23)8-11-24-16-4-2-3-5-17(16)26-19(24)25/h2-5,12-13H,6-11H2,1H3. The number of fused-ring (bicyclic) bond motifs is 1. The van der Waals surface area contributed by atoms with Crippen LogP contribution in [-0.2, 0) is 6.54 Å². The Morgan fingerprint density at radius 3 is 2.69 bits per heavy atom. The number of hydrogen-bond donors (Lipinski definition) is 0. The van der Waals surface area contributed by atoms with Crippen LogP contribution >= 0.6 is 11.6 Å². The fourth-order valence-electron chi connectivity index (χ4n) is 3.41. The molecule has 1 aromatic carbocycles. The fraction of sp³-hybridized carbons (Fsp3) is 0.368. The highest BCUT2D eigenvalue weighted by Gasteiger charge is 2.20. The van der Waals surface area contributed by atoms with Gasteiger partial charge in [-0.1, -0.05) is 23.7 Å². The molecular formula is C19H21ClN4O2. The van der Waals surface area contributed by atoms with Crippen molar-refractivity contribution in [3.8, 4) is 0 Å². The van der Waals surface area contributed by atoms with Crippen LogP contribution in [0.25, 0.3) is 11.1 Å². The third-order valence-corrected chi connectivity index (χ3v) is 5.12. The van der Waals surface area contributed by atoms with E-state index in [1.807, 2.05) is 43.5 Å². The second-order valence-electron chi connectivity index (χ2n) is 6.63. The Kier molecular flexibility index (Phi) is 4.70. The van der Waals surface area contributed by atoms with Crippen molar-refractivity contribution < 1.29 is 4.42 Å². The van der Waals surface area contributed by atoms with E-state index < -0.39 is 0 Å². The minimum Gasteiger partial charge on any atom is -0.408 e. The van der Waals surface area contributed by atoms with E-state index >= 15 is 0 Å². The maximum Gasteiger partial charge on any atom is 0.419 e. The van der Waals surface area contributed by atoms with Crippen molar-refractivity contribution in [1.82, 2.24) is 14.5 Å². The summed E-state index contributed by atoms with van der Waals surface area (Å²) in [5.74, 6) is 0.564. The Morgan fingerprint density at radius 1 is 1.15 bits per heavy atom. The smallest absolute Gasteiger partial charge is 0.408 e. The normalized spacial score (nSPS) is 15.7. The van der Waals surface area contributed by atoms with E-state index in [0.29, 0.717) is 17.2 Å². The number of nitrogens with zero attached hydrogens (tertiary/aromatic N) is 4. The van der Waals surface area contributed by atoms with E-state index in [-0.39, 0.29) is 5.76 Å². The first-order valence-corrected chi connectivity index (χ1v) is 9.17. The quantitative estimate of drug-likeness (QED) is 0.705. The number of hydrogen-bond acceptors (Lipinski definition) is 5. The Labute approximate surface area is 156 Å². The van der Waals surface area contributed by atoms with Crippen LogP contribution < -0.4 is 10.7 Å². The molecule has 2 aromatic heterocycles. The predicted molar refractivity (Wildman–Crippen MR) is 103 cm³/mol. The second kappa shape index (κ2) is 7.13. The van der Waals surface area contributed by atoms with E-state index in [4.69, 9.17) is 16.0 Å². The molecule has 136 valence electrons.